The zero-order valence-corrected chi connectivity index (χ0v) is 21.0. The van der Waals surface area contributed by atoms with E-state index in [-0.39, 0.29) is 24.4 Å². The van der Waals surface area contributed by atoms with E-state index in [9.17, 15) is 9.90 Å². The molecule has 0 radical (unpaired) electrons. The third kappa shape index (κ3) is 4.62. The molecule has 180 valence electrons. The monoisotopic (exact) mass is 480 g/mol. The van der Waals surface area contributed by atoms with E-state index in [1.165, 1.54) is 0 Å². The van der Waals surface area contributed by atoms with Crippen molar-refractivity contribution >= 4 is 17.3 Å². The van der Waals surface area contributed by atoms with Crippen LogP contribution in [0, 0.1) is 5.92 Å². The molecule has 1 aliphatic heterocycles. The molecule has 3 aliphatic rings. The first-order chi connectivity index (χ1) is 16.0. The fraction of sp³-hybridized carbons (Fsp3) is 0.357. The molecule has 1 N–H and O–H groups in total. The number of benzene rings is 1. The number of carboxylic acids is 1. The number of halogens is 1. The lowest BCUT2D eigenvalue weighted by molar-refractivity contribution is -0.519. The van der Waals surface area contributed by atoms with Crippen molar-refractivity contribution < 1.29 is 31.6 Å². The van der Waals surface area contributed by atoms with Crippen molar-refractivity contribution in [2.24, 2.45) is 5.92 Å². The molecule has 0 amide bonds. The van der Waals surface area contributed by atoms with Crippen LogP contribution in [0.15, 0.2) is 77.8 Å². The molecule has 2 atom stereocenters. The van der Waals surface area contributed by atoms with Crippen LogP contribution in [0.4, 0.5) is 0 Å². The largest absolute Gasteiger partial charge is 1.00 e. The van der Waals surface area contributed by atoms with E-state index in [4.69, 9.17) is 4.74 Å². The van der Waals surface area contributed by atoms with Gasteiger partial charge in [0.2, 0.25) is 5.71 Å². The molecule has 1 heterocycles. The fourth-order valence-electron chi connectivity index (χ4n) is 4.98. The molecular formula is C28H33ClN2O3. The van der Waals surface area contributed by atoms with Gasteiger partial charge in [0.1, 0.15) is 25.0 Å². The average molecular weight is 481 g/mol. The van der Waals surface area contributed by atoms with Crippen LogP contribution in [0.25, 0.3) is 5.57 Å². The predicted octanol–water partition coefficient (Wildman–Crippen LogP) is 1.90. The molecule has 0 fully saturated rings. The number of rotatable bonds is 7. The van der Waals surface area contributed by atoms with Gasteiger partial charge in [0, 0.05) is 36.4 Å². The summed E-state index contributed by atoms with van der Waals surface area (Å²) in [5, 5.41) is 9.91. The van der Waals surface area contributed by atoms with Gasteiger partial charge in [0.25, 0.3) is 0 Å². The zero-order valence-electron chi connectivity index (χ0n) is 20.3. The summed E-state index contributed by atoms with van der Waals surface area (Å²) in [6, 6.07) is 7.29. The summed E-state index contributed by atoms with van der Waals surface area (Å²) in [6.07, 6.45) is 12.6. The van der Waals surface area contributed by atoms with Crippen LogP contribution < -0.4 is 12.4 Å². The van der Waals surface area contributed by atoms with Gasteiger partial charge in [-0.25, -0.2) is 9.37 Å². The number of hydrogen-bond acceptors (Lipinski definition) is 3. The number of likely N-dealkylation sites (N-methyl/N-ethyl adjacent to an activating group) is 1. The van der Waals surface area contributed by atoms with Crippen LogP contribution in [0.1, 0.15) is 43.6 Å². The molecule has 2 aliphatic carbocycles. The van der Waals surface area contributed by atoms with Crippen molar-refractivity contribution in [2.75, 3.05) is 26.2 Å². The number of carbonyl (C=O) groups is 1. The van der Waals surface area contributed by atoms with Crippen molar-refractivity contribution in [3.63, 3.8) is 0 Å². The van der Waals surface area contributed by atoms with E-state index in [0.717, 1.165) is 60.1 Å². The smallest absolute Gasteiger partial charge is 0.336 e. The van der Waals surface area contributed by atoms with E-state index in [0.29, 0.717) is 5.56 Å². The number of ether oxygens (including phenoxy) is 1. The lowest BCUT2D eigenvalue weighted by atomic mass is 9.77. The maximum absolute atomic E-state index is 12.1. The second-order valence-corrected chi connectivity index (χ2v) is 8.35. The fourth-order valence-corrected chi connectivity index (χ4v) is 4.98. The van der Waals surface area contributed by atoms with Crippen LogP contribution in [0.5, 0.6) is 0 Å². The van der Waals surface area contributed by atoms with Crippen LogP contribution in [0.3, 0.4) is 0 Å². The van der Waals surface area contributed by atoms with Crippen LogP contribution in [-0.2, 0) is 4.74 Å². The predicted molar refractivity (Wildman–Crippen MR) is 132 cm³/mol. The first-order valence-electron chi connectivity index (χ1n) is 11.9. The highest BCUT2D eigenvalue weighted by Gasteiger charge is 2.38. The Morgan fingerprint density at radius 3 is 2.41 bits per heavy atom. The van der Waals surface area contributed by atoms with Crippen molar-refractivity contribution in [1.29, 1.82) is 0 Å². The summed E-state index contributed by atoms with van der Waals surface area (Å²) >= 11 is 0. The minimum absolute atomic E-state index is 0. The van der Waals surface area contributed by atoms with Gasteiger partial charge in [-0.2, -0.15) is 0 Å². The minimum atomic E-state index is -0.915. The first kappa shape index (κ1) is 25.6. The third-order valence-electron chi connectivity index (χ3n) is 6.72. The Bertz CT molecular complexity index is 1130. The summed E-state index contributed by atoms with van der Waals surface area (Å²) in [6.45, 7) is 12.3. The Kier molecular flexibility index (Phi) is 8.21. The molecule has 6 heteroatoms. The number of carboxylic acid groups (broad SMARTS) is 1. The number of fused-ring (bicyclic) bond motifs is 2. The molecule has 0 spiro atoms. The molecule has 0 saturated carbocycles. The Balaban J connectivity index is 0.00000324. The molecule has 0 aromatic heterocycles. The highest BCUT2D eigenvalue weighted by molar-refractivity contribution is 6.05. The van der Waals surface area contributed by atoms with Crippen LogP contribution in [-0.4, -0.2) is 58.5 Å². The molecule has 1 aromatic carbocycles. The van der Waals surface area contributed by atoms with Gasteiger partial charge in [-0.3, -0.25) is 0 Å². The topological polar surface area (TPSA) is 52.8 Å². The van der Waals surface area contributed by atoms with Crippen LogP contribution in [0.2, 0.25) is 0 Å². The second-order valence-electron chi connectivity index (χ2n) is 8.35. The summed E-state index contributed by atoms with van der Waals surface area (Å²) < 4.78 is 8.88. The Labute approximate surface area is 208 Å². The summed E-state index contributed by atoms with van der Waals surface area (Å²) in [5.41, 5.74) is 5.31. The molecule has 0 saturated heterocycles. The highest BCUT2D eigenvalue weighted by atomic mass is 35.5. The van der Waals surface area contributed by atoms with E-state index < -0.39 is 5.97 Å². The van der Waals surface area contributed by atoms with Gasteiger partial charge in [-0.1, -0.05) is 24.3 Å². The van der Waals surface area contributed by atoms with E-state index in [1.807, 2.05) is 12.1 Å². The van der Waals surface area contributed by atoms with Gasteiger partial charge in [0.15, 0.2) is 0 Å². The van der Waals surface area contributed by atoms with Gasteiger partial charge in [0.05, 0.1) is 11.6 Å². The summed E-state index contributed by atoms with van der Waals surface area (Å²) in [4.78, 5) is 14.4. The SMILES string of the molecule is CCN(CC)C1=CC2OC3=CC(=[N+](CC)CC)C=CC3=C(c3ccccc3C(=O)O)C2C=C1.[Cl-]. The lowest BCUT2D eigenvalue weighted by Crippen LogP contribution is -3.00. The minimum Gasteiger partial charge on any atom is -1.00 e. The number of nitrogens with zero attached hydrogens (tertiary/aromatic N) is 2. The standard InChI is InChI=1S/C28H32N2O3.ClH/c1-5-29(6-2)19-13-15-23-25(17-19)33-26-18-20(30(7-3)8-4)14-16-24(26)27(23)21-11-9-10-12-22(21)28(31)32;/h9-18,23,25H,5-8H2,1-4H3;1H. The number of hydrogen-bond donors (Lipinski definition) is 1. The molecule has 0 bridgehead atoms. The van der Waals surface area contributed by atoms with E-state index in [1.54, 1.807) is 12.1 Å². The van der Waals surface area contributed by atoms with Gasteiger partial charge in [-0.05, 0) is 63.1 Å². The Morgan fingerprint density at radius 2 is 1.76 bits per heavy atom. The molecular weight excluding hydrogens is 448 g/mol. The maximum Gasteiger partial charge on any atom is 0.336 e. The molecule has 34 heavy (non-hydrogen) atoms. The molecule has 2 unspecified atom stereocenters. The average Bonchev–Trinajstić information content (AvgIpc) is 2.84. The Morgan fingerprint density at radius 1 is 1.06 bits per heavy atom. The maximum atomic E-state index is 12.1. The van der Waals surface area contributed by atoms with Crippen molar-refractivity contribution in [3.05, 3.63) is 88.9 Å². The van der Waals surface area contributed by atoms with Crippen LogP contribution >= 0.6 is 0 Å². The number of allylic oxidation sites excluding steroid dienone is 4. The lowest BCUT2D eigenvalue weighted by Gasteiger charge is -2.38. The van der Waals surface area contributed by atoms with Gasteiger partial charge >= 0.3 is 5.97 Å². The van der Waals surface area contributed by atoms with Crippen molar-refractivity contribution in [2.45, 2.75) is 33.8 Å². The Hall–Kier alpha value is -3.05. The number of aromatic carboxylic acids is 1. The third-order valence-corrected chi connectivity index (χ3v) is 6.72. The van der Waals surface area contributed by atoms with Crippen molar-refractivity contribution in [3.8, 4) is 0 Å². The van der Waals surface area contributed by atoms with E-state index >= 15 is 0 Å². The highest BCUT2D eigenvalue weighted by Crippen LogP contribution is 2.45. The molecule has 5 nitrogen and oxygen atoms in total. The summed E-state index contributed by atoms with van der Waals surface area (Å²) in [7, 11) is 0. The summed E-state index contributed by atoms with van der Waals surface area (Å²) in [5.74, 6) is -0.167. The zero-order chi connectivity index (χ0) is 23.5. The first-order valence-corrected chi connectivity index (χ1v) is 11.9. The molecule has 1 aromatic rings. The van der Waals surface area contributed by atoms with E-state index in [2.05, 4.69) is 73.6 Å². The normalized spacial score (nSPS) is 20.4. The van der Waals surface area contributed by atoms with Crippen molar-refractivity contribution in [1.82, 2.24) is 4.90 Å². The molecule has 4 rings (SSSR count). The van der Waals surface area contributed by atoms with Gasteiger partial charge < -0.3 is 27.2 Å². The quantitative estimate of drug-likeness (QED) is 0.606. The second kappa shape index (κ2) is 10.9. The van der Waals surface area contributed by atoms with Gasteiger partial charge in [-0.15, -0.1) is 0 Å².